The molecule has 0 spiro atoms. The van der Waals surface area contributed by atoms with Gasteiger partial charge in [-0.2, -0.15) is 0 Å². The van der Waals surface area contributed by atoms with E-state index >= 15 is 0 Å². The molecule has 2 N–H and O–H groups in total. The van der Waals surface area contributed by atoms with Gasteiger partial charge in [0.15, 0.2) is 0 Å². The highest BCUT2D eigenvalue weighted by molar-refractivity contribution is 5.91. The van der Waals surface area contributed by atoms with Gasteiger partial charge < -0.3 is 10.6 Å². The van der Waals surface area contributed by atoms with Crippen molar-refractivity contribution in [3.05, 3.63) is 71.9 Å². The second-order valence-electron chi connectivity index (χ2n) is 5.24. The van der Waals surface area contributed by atoms with Crippen LogP contribution in [0.25, 0.3) is 10.8 Å². The van der Waals surface area contributed by atoms with Crippen molar-refractivity contribution >= 4 is 16.6 Å². The Kier molecular flexibility index (Phi) is 3.84. The highest BCUT2D eigenvalue weighted by Gasteiger charge is 2.08. The number of benzene rings is 2. The number of fused-ring (bicyclic) bond motifs is 1. The normalized spacial score (nSPS) is 10.8. The van der Waals surface area contributed by atoms with Gasteiger partial charge in [0.25, 0.3) is 0 Å². The molecule has 0 aliphatic carbocycles. The highest BCUT2D eigenvalue weighted by Crippen LogP contribution is 2.24. The van der Waals surface area contributed by atoms with E-state index in [1.54, 1.807) is 0 Å². The minimum Gasteiger partial charge on any atom is -0.355 e. The van der Waals surface area contributed by atoms with Crippen molar-refractivity contribution in [3.63, 3.8) is 0 Å². The molecule has 0 amide bonds. The van der Waals surface area contributed by atoms with Crippen LogP contribution >= 0.6 is 0 Å². The van der Waals surface area contributed by atoms with Crippen LogP contribution in [0.3, 0.4) is 0 Å². The Labute approximate surface area is 125 Å². The predicted octanol–water partition coefficient (Wildman–Crippen LogP) is 3.33. The summed E-state index contributed by atoms with van der Waals surface area (Å²) in [4.78, 5) is 6.73. The molecule has 0 radical (unpaired) electrons. The van der Waals surface area contributed by atoms with Crippen LogP contribution in [0.2, 0.25) is 0 Å². The van der Waals surface area contributed by atoms with Gasteiger partial charge in [-0.15, -0.1) is 0 Å². The van der Waals surface area contributed by atoms with Crippen LogP contribution in [-0.2, 0) is 13.1 Å². The second-order valence-corrected chi connectivity index (χ2v) is 5.24. The average molecular weight is 277 g/mol. The fraction of sp³-hybridized carbons (Fsp3) is 0.167. The van der Waals surface area contributed by atoms with Crippen molar-refractivity contribution in [2.75, 3.05) is 11.9 Å². The smallest absolute Gasteiger partial charge is 0.136 e. The van der Waals surface area contributed by atoms with E-state index in [9.17, 15) is 0 Å². The van der Waals surface area contributed by atoms with Gasteiger partial charge in [0.1, 0.15) is 5.82 Å². The van der Waals surface area contributed by atoms with Gasteiger partial charge in [0.2, 0.25) is 0 Å². The largest absolute Gasteiger partial charge is 0.355 e. The Morgan fingerprint density at radius 3 is 2.67 bits per heavy atom. The molecule has 2 aromatic carbocycles. The number of hydrogen-bond acceptors (Lipinski definition) is 3. The molecule has 3 aromatic rings. The molecule has 0 aliphatic rings. The first-order valence-corrected chi connectivity index (χ1v) is 7.10. The van der Waals surface area contributed by atoms with Crippen molar-refractivity contribution in [1.82, 2.24) is 4.98 Å². The molecular formula is C18H19N3. The van der Waals surface area contributed by atoms with Crippen molar-refractivity contribution in [1.29, 1.82) is 0 Å². The maximum atomic E-state index is 5.71. The third kappa shape index (κ3) is 2.88. The lowest BCUT2D eigenvalue weighted by Gasteiger charge is -2.20. The summed E-state index contributed by atoms with van der Waals surface area (Å²) in [6, 6.07) is 18.8. The highest BCUT2D eigenvalue weighted by atomic mass is 15.2. The molecule has 0 aliphatic heterocycles. The molecule has 3 rings (SSSR count). The van der Waals surface area contributed by atoms with Crippen LogP contribution in [0.15, 0.2) is 60.8 Å². The van der Waals surface area contributed by atoms with E-state index in [0.29, 0.717) is 6.54 Å². The second kappa shape index (κ2) is 5.94. The Morgan fingerprint density at radius 2 is 1.81 bits per heavy atom. The molecule has 0 saturated carbocycles. The number of nitrogens with zero attached hydrogens (tertiary/aromatic N) is 2. The van der Waals surface area contributed by atoms with Crippen LogP contribution in [0.1, 0.15) is 11.1 Å². The summed E-state index contributed by atoms with van der Waals surface area (Å²) in [5.41, 5.74) is 8.11. The van der Waals surface area contributed by atoms with Crippen molar-refractivity contribution in [2.45, 2.75) is 13.1 Å². The number of pyridine rings is 1. The zero-order valence-electron chi connectivity index (χ0n) is 12.2. The van der Waals surface area contributed by atoms with E-state index in [0.717, 1.165) is 17.9 Å². The topological polar surface area (TPSA) is 42.1 Å². The number of hydrogen-bond donors (Lipinski definition) is 1. The van der Waals surface area contributed by atoms with Gasteiger partial charge in [-0.05, 0) is 22.6 Å². The SMILES string of the molecule is CN(Cc1cccc(CN)c1)c1nccc2ccccc12. The first kappa shape index (κ1) is 13.6. The first-order chi connectivity index (χ1) is 10.3. The third-order valence-electron chi connectivity index (χ3n) is 3.66. The lowest BCUT2D eigenvalue weighted by Crippen LogP contribution is -2.18. The summed E-state index contributed by atoms with van der Waals surface area (Å²) in [6.07, 6.45) is 1.87. The van der Waals surface area contributed by atoms with Gasteiger partial charge in [-0.25, -0.2) is 4.98 Å². The molecule has 0 saturated heterocycles. The summed E-state index contributed by atoms with van der Waals surface area (Å²) in [6.45, 7) is 1.39. The zero-order valence-corrected chi connectivity index (χ0v) is 12.2. The first-order valence-electron chi connectivity index (χ1n) is 7.10. The van der Waals surface area contributed by atoms with Crippen LogP contribution in [0.4, 0.5) is 5.82 Å². The molecule has 0 unspecified atom stereocenters. The fourth-order valence-corrected chi connectivity index (χ4v) is 2.61. The maximum Gasteiger partial charge on any atom is 0.136 e. The quantitative estimate of drug-likeness (QED) is 0.795. The summed E-state index contributed by atoms with van der Waals surface area (Å²) >= 11 is 0. The lowest BCUT2D eigenvalue weighted by atomic mass is 10.1. The van der Waals surface area contributed by atoms with Crippen LogP contribution in [-0.4, -0.2) is 12.0 Å². The van der Waals surface area contributed by atoms with Gasteiger partial charge >= 0.3 is 0 Å². The standard InChI is InChI=1S/C18H19N3/c1-21(13-15-6-4-5-14(11-15)12-19)18-17-8-3-2-7-16(17)9-10-20-18/h2-11H,12-13,19H2,1H3. The van der Waals surface area contributed by atoms with Gasteiger partial charge in [-0.3, -0.25) is 0 Å². The molecule has 0 atom stereocenters. The van der Waals surface area contributed by atoms with E-state index in [2.05, 4.69) is 65.5 Å². The maximum absolute atomic E-state index is 5.71. The molecule has 106 valence electrons. The molecule has 3 heteroatoms. The molecule has 0 bridgehead atoms. The van der Waals surface area contributed by atoms with Crippen LogP contribution in [0, 0.1) is 0 Å². The number of anilines is 1. The Balaban J connectivity index is 1.91. The summed E-state index contributed by atoms with van der Waals surface area (Å²) in [5.74, 6) is 1.01. The molecule has 1 aromatic heterocycles. The zero-order chi connectivity index (χ0) is 14.7. The van der Waals surface area contributed by atoms with Gasteiger partial charge in [0, 0.05) is 31.7 Å². The van der Waals surface area contributed by atoms with Crippen molar-refractivity contribution < 1.29 is 0 Å². The monoisotopic (exact) mass is 277 g/mol. The predicted molar refractivity (Wildman–Crippen MR) is 88.2 cm³/mol. The van der Waals surface area contributed by atoms with E-state index in [4.69, 9.17) is 5.73 Å². The van der Waals surface area contributed by atoms with Crippen LogP contribution < -0.4 is 10.6 Å². The average Bonchev–Trinajstić information content (AvgIpc) is 2.54. The molecule has 1 heterocycles. The molecule has 0 fully saturated rings. The summed E-state index contributed by atoms with van der Waals surface area (Å²) < 4.78 is 0. The number of aromatic nitrogens is 1. The Morgan fingerprint density at radius 1 is 1.00 bits per heavy atom. The summed E-state index contributed by atoms with van der Waals surface area (Å²) in [7, 11) is 2.07. The minimum absolute atomic E-state index is 0.573. The van der Waals surface area contributed by atoms with E-state index < -0.39 is 0 Å². The lowest BCUT2D eigenvalue weighted by molar-refractivity contribution is 0.900. The van der Waals surface area contributed by atoms with Crippen molar-refractivity contribution in [2.24, 2.45) is 5.73 Å². The Bertz CT molecular complexity index is 747. The van der Waals surface area contributed by atoms with E-state index in [1.165, 1.54) is 16.3 Å². The molecule has 21 heavy (non-hydrogen) atoms. The van der Waals surface area contributed by atoms with Crippen molar-refractivity contribution in [3.8, 4) is 0 Å². The van der Waals surface area contributed by atoms with E-state index in [-0.39, 0.29) is 0 Å². The molecular weight excluding hydrogens is 258 g/mol. The Hall–Kier alpha value is -2.39. The summed E-state index contributed by atoms with van der Waals surface area (Å²) in [5, 5.41) is 2.39. The van der Waals surface area contributed by atoms with Crippen LogP contribution in [0.5, 0.6) is 0 Å². The fourth-order valence-electron chi connectivity index (χ4n) is 2.61. The molecule has 3 nitrogen and oxygen atoms in total. The number of rotatable bonds is 4. The van der Waals surface area contributed by atoms with E-state index in [1.807, 2.05) is 12.3 Å². The minimum atomic E-state index is 0.573. The van der Waals surface area contributed by atoms with Gasteiger partial charge in [-0.1, -0.05) is 48.5 Å². The number of nitrogens with two attached hydrogens (primary N) is 1. The third-order valence-corrected chi connectivity index (χ3v) is 3.66. The van der Waals surface area contributed by atoms with Gasteiger partial charge in [0.05, 0.1) is 0 Å².